The molecule has 1 aromatic carbocycles. The third-order valence-electron chi connectivity index (χ3n) is 6.32. The van der Waals surface area contributed by atoms with Gasteiger partial charge in [0.05, 0.1) is 19.5 Å². The molecule has 39 heavy (non-hydrogen) atoms. The van der Waals surface area contributed by atoms with E-state index >= 15 is 0 Å². The highest BCUT2D eigenvalue weighted by atomic mass is 32.1. The Bertz CT molecular complexity index is 1450. The van der Waals surface area contributed by atoms with E-state index in [0.717, 1.165) is 15.1 Å². The first-order valence-corrected chi connectivity index (χ1v) is 12.9. The summed E-state index contributed by atoms with van der Waals surface area (Å²) >= 11 is 1.27. The fourth-order valence-electron chi connectivity index (χ4n) is 4.58. The predicted octanol–water partition coefficient (Wildman–Crippen LogP) is 4.57. The number of carboxylic acid groups (broad SMARTS) is 1. The lowest BCUT2D eigenvalue weighted by molar-refractivity contribution is -0.141. The maximum absolute atomic E-state index is 14.1. The molecule has 1 unspecified atom stereocenters. The minimum Gasteiger partial charge on any atom is -0.481 e. The molecule has 0 radical (unpaired) electrons. The van der Waals surface area contributed by atoms with Crippen LogP contribution in [0.25, 0.3) is 11.1 Å². The molecule has 1 amide bonds. The number of likely N-dealkylation sites (N-methyl/N-ethyl adjacent to an activating group) is 1. The van der Waals surface area contributed by atoms with E-state index in [4.69, 9.17) is 5.11 Å². The molecule has 2 aromatic heterocycles. The Kier molecular flexibility index (Phi) is 8.22. The van der Waals surface area contributed by atoms with Crippen LogP contribution in [0.5, 0.6) is 0 Å². The molecule has 0 spiro atoms. The number of aryl methyl sites for hydroxylation is 1. The van der Waals surface area contributed by atoms with Gasteiger partial charge in [0.15, 0.2) is 5.69 Å². The standard InChI is InChI=1S/C27H26F3N5O3S/c1-33(2)10-5-8-24(36)34-14-21(20-12-17(13-31)39-23(20)16-34)18-6-3-4-7-19(18)22-15-35(11-9-25(37)38)32-26(22)27(28,29)30/h3-8,12,15,21H,9-11,14,16H2,1-2H3,(H,37,38)/b8-5+. The zero-order chi connectivity index (χ0) is 28.3. The van der Waals surface area contributed by atoms with Gasteiger partial charge in [-0.2, -0.15) is 23.5 Å². The minimum atomic E-state index is -4.77. The predicted molar refractivity (Wildman–Crippen MR) is 139 cm³/mol. The number of alkyl halides is 3. The average molecular weight is 558 g/mol. The van der Waals surface area contributed by atoms with Crippen molar-refractivity contribution in [3.63, 3.8) is 0 Å². The molecule has 3 heterocycles. The minimum absolute atomic E-state index is 0.171. The molecule has 1 aliphatic heterocycles. The Balaban J connectivity index is 1.80. The zero-order valence-electron chi connectivity index (χ0n) is 21.3. The second-order valence-electron chi connectivity index (χ2n) is 9.42. The Morgan fingerprint density at radius 2 is 2.00 bits per heavy atom. The molecule has 4 rings (SSSR count). The first kappa shape index (κ1) is 28.1. The number of aromatic nitrogens is 2. The van der Waals surface area contributed by atoms with E-state index in [9.17, 15) is 28.0 Å². The van der Waals surface area contributed by atoms with Crippen LogP contribution < -0.4 is 0 Å². The summed E-state index contributed by atoms with van der Waals surface area (Å²) in [6.07, 6.45) is -0.700. The summed E-state index contributed by atoms with van der Waals surface area (Å²) in [7, 11) is 3.76. The van der Waals surface area contributed by atoms with Crippen molar-refractivity contribution in [1.82, 2.24) is 19.6 Å². The highest BCUT2D eigenvalue weighted by Crippen LogP contribution is 2.44. The number of carboxylic acids is 1. The summed E-state index contributed by atoms with van der Waals surface area (Å²) in [5.74, 6) is -1.86. The van der Waals surface area contributed by atoms with Gasteiger partial charge in [-0.3, -0.25) is 14.3 Å². The summed E-state index contributed by atoms with van der Waals surface area (Å²) in [5, 5.41) is 22.2. The normalized spacial score (nSPS) is 15.5. The number of hydrogen-bond acceptors (Lipinski definition) is 6. The van der Waals surface area contributed by atoms with E-state index in [-0.39, 0.29) is 36.5 Å². The number of aliphatic carboxylic acids is 1. The second-order valence-corrected chi connectivity index (χ2v) is 10.6. The van der Waals surface area contributed by atoms with Gasteiger partial charge in [0.2, 0.25) is 5.91 Å². The van der Waals surface area contributed by atoms with E-state index in [1.165, 1.54) is 23.6 Å². The van der Waals surface area contributed by atoms with Gasteiger partial charge in [0, 0.05) is 41.7 Å². The molecule has 1 atom stereocenters. The number of carbonyl (C=O) groups is 2. The number of hydrogen-bond donors (Lipinski definition) is 1. The van der Waals surface area contributed by atoms with Gasteiger partial charge in [-0.05, 0) is 36.9 Å². The number of nitrogens with zero attached hydrogens (tertiary/aromatic N) is 5. The summed E-state index contributed by atoms with van der Waals surface area (Å²) in [5.41, 5.74) is 0.356. The number of fused-ring (bicyclic) bond motifs is 1. The molecule has 8 nitrogen and oxygen atoms in total. The monoisotopic (exact) mass is 557 g/mol. The van der Waals surface area contributed by atoms with E-state index in [0.29, 0.717) is 23.5 Å². The van der Waals surface area contributed by atoms with Crippen LogP contribution >= 0.6 is 11.3 Å². The molecule has 0 saturated carbocycles. The average Bonchev–Trinajstić information content (AvgIpc) is 3.51. The summed E-state index contributed by atoms with van der Waals surface area (Å²) in [6, 6.07) is 10.5. The molecular weight excluding hydrogens is 531 g/mol. The van der Waals surface area contributed by atoms with Gasteiger partial charge in [-0.25, -0.2) is 0 Å². The molecule has 204 valence electrons. The molecule has 1 N–H and O–H groups in total. The van der Waals surface area contributed by atoms with Gasteiger partial charge in [0.1, 0.15) is 10.9 Å². The van der Waals surface area contributed by atoms with Crippen molar-refractivity contribution in [3.8, 4) is 17.2 Å². The lowest BCUT2D eigenvalue weighted by Gasteiger charge is -2.33. The number of carbonyl (C=O) groups excluding carboxylic acids is 1. The fourth-order valence-corrected chi connectivity index (χ4v) is 5.61. The molecule has 3 aromatic rings. The molecule has 1 aliphatic rings. The van der Waals surface area contributed by atoms with Gasteiger partial charge < -0.3 is 14.9 Å². The Hall–Kier alpha value is -3.95. The number of halogens is 3. The molecule has 0 bridgehead atoms. The van der Waals surface area contributed by atoms with Crippen molar-refractivity contribution >= 4 is 23.2 Å². The SMILES string of the molecule is CN(C)C/C=C/C(=O)N1Cc2sc(C#N)cc2C(c2ccccc2-c2cn(CCC(=O)O)nc2C(F)(F)F)C1. The van der Waals surface area contributed by atoms with Crippen LogP contribution in [0, 0.1) is 11.3 Å². The van der Waals surface area contributed by atoms with Gasteiger partial charge in [0.25, 0.3) is 0 Å². The van der Waals surface area contributed by atoms with Crippen molar-refractivity contribution in [3.05, 3.63) is 75.3 Å². The Labute approximate surface area is 227 Å². The highest BCUT2D eigenvalue weighted by Gasteiger charge is 2.39. The third-order valence-corrected chi connectivity index (χ3v) is 7.36. The zero-order valence-corrected chi connectivity index (χ0v) is 22.1. The fraction of sp³-hybridized carbons (Fsp3) is 0.333. The molecule has 12 heteroatoms. The summed E-state index contributed by atoms with van der Waals surface area (Å²) < 4.78 is 43.2. The maximum atomic E-state index is 14.1. The van der Waals surface area contributed by atoms with Crippen LogP contribution in [0.1, 0.15) is 38.9 Å². The van der Waals surface area contributed by atoms with Crippen LogP contribution in [0.4, 0.5) is 13.2 Å². The van der Waals surface area contributed by atoms with Crippen molar-refractivity contribution in [2.24, 2.45) is 0 Å². The summed E-state index contributed by atoms with van der Waals surface area (Å²) in [4.78, 5) is 28.9. The number of thiophene rings is 1. The van der Waals surface area contributed by atoms with Crippen molar-refractivity contribution in [2.75, 3.05) is 27.2 Å². The number of nitriles is 1. The lowest BCUT2D eigenvalue weighted by Crippen LogP contribution is -2.37. The van der Waals surface area contributed by atoms with E-state index in [1.54, 1.807) is 41.3 Å². The third kappa shape index (κ3) is 6.38. The largest absolute Gasteiger partial charge is 0.481 e. The van der Waals surface area contributed by atoms with Crippen LogP contribution in [0.2, 0.25) is 0 Å². The lowest BCUT2D eigenvalue weighted by atomic mass is 9.83. The van der Waals surface area contributed by atoms with E-state index in [2.05, 4.69) is 11.2 Å². The summed E-state index contributed by atoms with van der Waals surface area (Å²) in [6.45, 7) is 0.865. The van der Waals surface area contributed by atoms with Crippen molar-refractivity contribution < 1.29 is 27.9 Å². The van der Waals surface area contributed by atoms with Crippen molar-refractivity contribution in [1.29, 1.82) is 5.26 Å². The first-order valence-electron chi connectivity index (χ1n) is 12.1. The molecule has 0 aliphatic carbocycles. The van der Waals surface area contributed by atoms with Crippen LogP contribution in [0.15, 0.2) is 48.7 Å². The van der Waals surface area contributed by atoms with Gasteiger partial charge in [-0.1, -0.05) is 30.3 Å². The maximum Gasteiger partial charge on any atom is 0.435 e. The second kappa shape index (κ2) is 11.4. The Morgan fingerprint density at radius 1 is 1.26 bits per heavy atom. The topological polar surface area (TPSA) is 102 Å². The highest BCUT2D eigenvalue weighted by molar-refractivity contribution is 7.12. The quantitative estimate of drug-likeness (QED) is 0.407. The van der Waals surface area contributed by atoms with Crippen LogP contribution in [-0.2, 0) is 28.9 Å². The molecule has 0 saturated heterocycles. The molecule has 0 fully saturated rings. The van der Waals surface area contributed by atoms with Gasteiger partial charge in [-0.15, -0.1) is 11.3 Å². The Morgan fingerprint density at radius 3 is 2.67 bits per heavy atom. The number of benzene rings is 1. The van der Waals surface area contributed by atoms with Gasteiger partial charge >= 0.3 is 12.1 Å². The van der Waals surface area contributed by atoms with E-state index < -0.39 is 23.8 Å². The number of rotatable bonds is 8. The first-order chi connectivity index (χ1) is 18.5. The van der Waals surface area contributed by atoms with Crippen molar-refractivity contribution in [2.45, 2.75) is 31.6 Å². The van der Waals surface area contributed by atoms with E-state index in [1.807, 2.05) is 19.0 Å². The number of amides is 1. The molecular formula is C27H26F3N5O3S. The van der Waals surface area contributed by atoms with Crippen LogP contribution in [-0.4, -0.2) is 63.7 Å². The smallest absolute Gasteiger partial charge is 0.435 e. The van der Waals surface area contributed by atoms with Crippen LogP contribution in [0.3, 0.4) is 0 Å².